The van der Waals surface area contributed by atoms with Gasteiger partial charge in [-0.1, -0.05) is 0 Å². The van der Waals surface area contributed by atoms with E-state index in [-0.39, 0.29) is 56.0 Å². The van der Waals surface area contributed by atoms with Crippen LogP contribution >= 0.6 is 0 Å². The SMILES string of the molecule is [O-2].[O-2].[O-2].[V].[W+6]. The zero-order valence-electron chi connectivity index (χ0n) is 2.08. The van der Waals surface area contributed by atoms with Crippen molar-refractivity contribution in [2.45, 2.75) is 0 Å². The molecular weight excluding hydrogens is 283 g/mol. The van der Waals surface area contributed by atoms with E-state index in [1.165, 1.54) is 0 Å². The molecule has 0 saturated heterocycles. The van der Waals surface area contributed by atoms with Crippen LogP contribution in [0.5, 0.6) is 0 Å². The average molecular weight is 283 g/mol. The van der Waals surface area contributed by atoms with Crippen molar-refractivity contribution in [1.29, 1.82) is 0 Å². The molecule has 5 heavy (non-hydrogen) atoms. The Morgan fingerprint density at radius 2 is 0.600 bits per heavy atom. The van der Waals surface area contributed by atoms with Crippen molar-refractivity contribution in [3.8, 4) is 0 Å². The van der Waals surface area contributed by atoms with Crippen LogP contribution in [0.1, 0.15) is 0 Å². The zero-order chi connectivity index (χ0) is 0. The summed E-state index contributed by atoms with van der Waals surface area (Å²) in [5.41, 5.74) is 0. The molecule has 0 aromatic carbocycles. The minimum absolute atomic E-state index is 0. The van der Waals surface area contributed by atoms with Crippen LogP contribution in [0.15, 0.2) is 0 Å². The van der Waals surface area contributed by atoms with Crippen molar-refractivity contribution in [1.82, 2.24) is 0 Å². The van der Waals surface area contributed by atoms with E-state index in [0.29, 0.717) is 0 Å². The number of hydrogen-bond donors (Lipinski definition) is 0. The van der Waals surface area contributed by atoms with E-state index in [1.807, 2.05) is 0 Å². The fourth-order valence-corrected chi connectivity index (χ4v) is 0. The first-order chi connectivity index (χ1) is 0. The predicted molar refractivity (Wildman–Crippen MR) is 2.06 cm³/mol. The van der Waals surface area contributed by atoms with Crippen LogP contribution < -0.4 is 0 Å². The van der Waals surface area contributed by atoms with Crippen molar-refractivity contribution in [2.24, 2.45) is 0 Å². The molecule has 1 radical (unpaired) electrons. The quantitative estimate of drug-likeness (QED) is 0.581. The van der Waals surface area contributed by atoms with E-state index in [1.54, 1.807) is 0 Å². The van der Waals surface area contributed by atoms with Crippen LogP contribution in [0.3, 0.4) is 0 Å². The molecule has 0 rings (SSSR count). The third kappa shape index (κ3) is 38.5. The van der Waals surface area contributed by atoms with Crippen molar-refractivity contribution >= 4 is 0 Å². The summed E-state index contributed by atoms with van der Waals surface area (Å²) < 4.78 is 0. The van der Waals surface area contributed by atoms with Gasteiger partial charge >= 0.3 is 21.1 Å². The Kier molecular flexibility index (Phi) is 1640. The summed E-state index contributed by atoms with van der Waals surface area (Å²) in [6.07, 6.45) is 0. The van der Waals surface area contributed by atoms with Gasteiger partial charge in [-0.05, 0) is 0 Å². The van der Waals surface area contributed by atoms with Crippen molar-refractivity contribution in [3.63, 3.8) is 0 Å². The Morgan fingerprint density at radius 3 is 0.600 bits per heavy atom. The van der Waals surface area contributed by atoms with Gasteiger partial charge in [0.25, 0.3) is 0 Å². The maximum Gasteiger partial charge on any atom is 6.00 e. The van der Waals surface area contributed by atoms with E-state index < -0.39 is 0 Å². The third-order valence-corrected chi connectivity index (χ3v) is 0. The van der Waals surface area contributed by atoms with E-state index >= 15 is 0 Å². The summed E-state index contributed by atoms with van der Waals surface area (Å²) in [6, 6.07) is 0. The Balaban J connectivity index is 0. The van der Waals surface area contributed by atoms with Crippen LogP contribution in [-0.2, 0) is 56.0 Å². The van der Waals surface area contributed by atoms with Crippen molar-refractivity contribution in [3.05, 3.63) is 0 Å². The van der Waals surface area contributed by atoms with Crippen LogP contribution in [0.25, 0.3) is 0 Å². The summed E-state index contributed by atoms with van der Waals surface area (Å²) in [4.78, 5) is 0. The molecule has 5 heteroatoms. The Morgan fingerprint density at radius 1 is 0.600 bits per heavy atom. The molecule has 0 fully saturated rings. The van der Waals surface area contributed by atoms with Crippen LogP contribution in [-0.4, -0.2) is 0 Å². The van der Waals surface area contributed by atoms with Crippen LogP contribution in [0.4, 0.5) is 0 Å². The molecule has 0 aromatic heterocycles. The average Bonchev–Trinajstić information content (AvgIpc) is 0. The fraction of sp³-hybridized carbons (Fsp3) is 0. The first kappa shape index (κ1) is 123. The monoisotopic (exact) mass is 283 g/mol. The Labute approximate surface area is 56.2 Å². The molecule has 0 spiro atoms. The summed E-state index contributed by atoms with van der Waals surface area (Å²) in [6.45, 7) is 0. The van der Waals surface area contributed by atoms with Crippen molar-refractivity contribution in [2.75, 3.05) is 0 Å². The maximum atomic E-state index is 0. The number of hydrogen-bond acceptors (Lipinski definition) is 0. The molecule has 0 heterocycles. The molecule has 0 bridgehead atoms. The second-order valence-electron chi connectivity index (χ2n) is 0. The van der Waals surface area contributed by atoms with E-state index in [2.05, 4.69) is 0 Å². The van der Waals surface area contributed by atoms with Crippen LogP contribution in [0.2, 0.25) is 0 Å². The topological polar surface area (TPSA) is 85.5 Å². The summed E-state index contributed by atoms with van der Waals surface area (Å²) in [7, 11) is 0. The maximum absolute atomic E-state index is 0. The molecule has 0 amide bonds. The van der Waals surface area contributed by atoms with E-state index in [9.17, 15) is 0 Å². The molecule has 0 aliphatic heterocycles. The second-order valence-corrected chi connectivity index (χ2v) is 0. The van der Waals surface area contributed by atoms with Crippen molar-refractivity contribution < 1.29 is 56.0 Å². The minimum atomic E-state index is 0. The zero-order valence-corrected chi connectivity index (χ0v) is 6.41. The van der Waals surface area contributed by atoms with Gasteiger partial charge < -0.3 is 16.4 Å². The smallest absolute Gasteiger partial charge is 2.00 e. The fourth-order valence-electron chi connectivity index (χ4n) is 0. The molecular formula is O3VW. The van der Waals surface area contributed by atoms with Gasteiger partial charge in [0, 0.05) is 18.6 Å². The van der Waals surface area contributed by atoms with Gasteiger partial charge in [0.15, 0.2) is 0 Å². The van der Waals surface area contributed by atoms with Gasteiger partial charge in [0.05, 0.1) is 0 Å². The molecule has 0 aliphatic carbocycles. The van der Waals surface area contributed by atoms with Gasteiger partial charge in [-0.3, -0.25) is 0 Å². The first-order valence-electron chi connectivity index (χ1n) is 0. The Hall–Kier alpha value is 1.15. The molecule has 0 saturated carbocycles. The predicted octanol–water partition coefficient (Wildman–Crippen LogP) is -0.361. The van der Waals surface area contributed by atoms with Gasteiger partial charge in [-0.25, -0.2) is 0 Å². The largest absolute Gasteiger partial charge is 6.00 e. The normalized spacial score (nSPS) is 0. The number of rotatable bonds is 0. The summed E-state index contributed by atoms with van der Waals surface area (Å²) in [5.74, 6) is 0. The summed E-state index contributed by atoms with van der Waals surface area (Å²) in [5, 5.41) is 0. The van der Waals surface area contributed by atoms with Gasteiger partial charge in [0.1, 0.15) is 0 Å². The Bertz CT molecular complexity index is 6.85. The molecule has 0 atom stereocenters. The van der Waals surface area contributed by atoms with Gasteiger partial charge in [0.2, 0.25) is 0 Å². The molecule has 29 valence electrons. The first-order valence-corrected chi connectivity index (χ1v) is 0. The van der Waals surface area contributed by atoms with Crippen LogP contribution in [0, 0.1) is 0 Å². The molecule has 0 unspecified atom stereocenters. The van der Waals surface area contributed by atoms with Gasteiger partial charge in [-0.2, -0.15) is 0 Å². The summed E-state index contributed by atoms with van der Waals surface area (Å²) >= 11 is 0. The van der Waals surface area contributed by atoms with E-state index in [4.69, 9.17) is 0 Å². The second kappa shape index (κ2) is 66.9. The van der Waals surface area contributed by atoms with E-state index in [0.717, 1.165) is 0 Å². The molecule has 3 nitrogen and oxygen atoms in total. The third-order valence-electron chi connectivity index (χ3n) is 0. The molecule has 0 aliphatic rings. The standard InChI is InChI=1S/3O.V.W/q3*-2;;+6. The van der Waals surface area contributed by atoms with Gasteiger partial charge in [-0.15, -0.1) is 0 Å². The molecule has 0 aromatic rings. The molecule has 0 N–H and O–H groups in total. The minimum Gasteiger partial charge on any atom is -2.00 e.